The van der Waals surface area contributed by atoms with Gasteiger partial charge in [0, 0.05) is 0 Å². The standard InChI is InChI=1S/C16H11FO2/c17-10-12-6-2-1-5-11(12)9-15-16(18)13-7-3-4-8-14(13)19-15/h1-9H,10H2/b15-9-. The molecule has 0 unspecified atom stereocenters. The van der Waals surface area contributed by atoms with Crippen LogP contribution in [0.1, 0.15) is 21.5 Å². The van der Waals surface area contributed by atoms with Crippen molar-refractivity contribution in [1.82, 2.24) is 0 Å². The average Bonchev–Trinajstić information content (AvgIpc) is 2.77. The summed E-state index contributed by atoms with van der Waals surface area (Å²) in [6.45, 7) is -0.568. The van der Waals surface area contributed by atoms with Gasteiger partial charge in [-0.1, -0.05) is 36.4 Å². The molecule has 0 fully saturated rings. The molecule has 1 heterocycles. The molecule has 0 atom stereocenters. The number of hydrogen-bond acceptors (Lipinski definition) is 2. The van der Waals surface area contributed by atoms with Crippen molar-refractivity contribution >= 4 is 11.9 Å². The Hall–Kier alpha value is -2.42. The zero-order chi connectivity index (χ0) is 13.2. The van der Waals surface area contributed by atoms with E-state index in [4.69, 9.17) is 4.74 Å². The van der Waals surface area contributed by atoms with Gasteiger partial charge in [-0.25, -0.2) is 4.39 Å². The maximum absolute atomic E-state index is 12.9. The van der Waals surface area contributed by atoms with E-state index in [9.17, 15) is 9.18 Å². The second-order valence-electron chi connectivity index (χ2n) is 4.27. The van der Waals surface area contributed by atoms with E-state index in [0.29, 0.717) is 22.4 Å². The van der Waals surface area contributed by atoms with Gasteiger partial charge in [0.15, 0.2) is 5.76 Å². The fourth-order valence-corrected chi connectivity index (χ4v) is 2.07. The number of Topliss-reactive ketones (excluding diaryl/α,β-unsaturated/α-hetero) is 1. The van der Waals surface area contributed by atoms with Crippen LogP contribution >= 0.6 is 0 Å². The minimum atomic E-state index is -0.568. The lowest BCUT2D eigenvalue weighted by Gasteiger charge is -2.02. The molecule has 3 rings (SSSR count). The molecular formula is C16H11FO2. The molecule has 19 heavy (non-hydrogen) atoms. The van der Waals surface area contributed by atoms with Crippen molar-refractivity contribution in [2.45, 2.75) is 6.67 Å². The summed E-state index contributed by atoms with van der Waals surface area (Å²) in [4.78, 5) is 12.1. The maximum atomic E-state index is 12.9. The van der Waals surface area contributed by atoms with Crippen LogP contribution in [0, 0.1) is 0 Å². The van der Waals surface area contributed by atoms with Crippen LogP contribution in [0.25, 0.3) is 6.08 Å². The summed E-state index contributed by atoms with van der Waals surface area (Å²) < 4.78 is 18.4. The Labute approximate surface area is 110 Å². The molecule has 0 aromatic heterocycles. The van der Waals surface area contributed by atoms with Crippen LogP contribution in [-0.2, 0) is 6.67 Å². The van der Waals surface area contributed by atoms with Crippen molar-refractivity contribution in [3.05, 3.63) is 71.0 Å². The molecule has 0 N–H and O–H groups in total. The van der Waals surface area contributed by atoms with Gasteiger partial charge in [0.1, 0.15) is 12.4 Å². The zero-order valence-electron chi connectivity index (χ0n) is 10.1. The number of hydrogen-bond donors (Lipinski definition) is 0. The smallest absolute Gasteiger partial charge is 0.231 e. The number of ether oxygens (including phenoxy) is 1. The molecule has 2 nitrogen and oxygen atoms in total. The highest BCUT2D eigenvalue weighted by Crippen LogP contribution is 2.31. The lowest BCUT2D eigenvalue weighted by molar-refractivity contribution is 0.101. The first-order valence-electron chi connectivity index (χ1n) is 5.97. The van der Waals surface area contributed by atoms with E-state index in [2.05, 4.69) is 0 Å². The lowest BCUT2D eigenvalue weighted by Crippen LogP contribution is -1.98. The number of ketones is 1. The summed E-state index contributed by atoms with van der Waals surface area (Å²) in [7, 11) is 0. The summed E-state index contributed by atoms with van der Waals surface area (Å²) in [5.41, 5.74) is 1.76. The predicted molar refractivity (Wildman–Crippen MR) is 70.6 cm³/mol. The van der Waals surface area contributed by atoms with Crippen molar-refractivity contribution in [3.63, 3.8) is 0 Å². The quantitative estimate of drug-likeness (QED) is 0.762. The van der Waals surface area contributed by atoms with Crippen molar-refractivity contribution in [1.29, 1.82) is 0 Å². The number of benzene rings is 2. The topological polar surface area (TPSA) is 26.3 Å². The van der Waals surface area contributed by atoms with Crippen LogP contribution < -0.4 is 4.74 Å². The van der Waals surface area contributed by atoms with Gasteiger partial charge in [-0.3, -0.25) is 4.79 Å². The second kappa shape index (κ2) is 4.69. The number of allylic oxidation sites excluding steroid dienone is 1. The van der Waals surface area contributed by atoms with Gasteiger partial charge in [-0.15, -0.1) is 0 Å². The predicted octanol–water partition coefficient (Wildman–Crippen LogP) is 3.77. The van der Waals surface area contributed by atoms with E-state index < -0.39 is 6.67 Å². The fourth-order valence-electron chi connectivity index (χ4n) is 2.07. The molecule has 2 aromatic carbocycles. The van der Waals surface area contributed by atoms with Crippen molar-refractivity contribution in [2.75, 3.05) is 0 Å². The van der Waals surface area contributed by atoms with E-state index in [1.807, 2.05) is 6.07 Å². The average molecular weight is 254 g/mol. The number of carbonyl (C=O) groups excluding carboxylic acids is 1. The highest BCUT2D eigenvalue weighted by molar-refractivity contribution is 6.14. The molecule has 0 aliphatic carbocycles. The minimum absolute atomic E-state index is 0.163. The molecule has 0 spiro atoms. The maximum Gasteiger partial charge on any atom is 0.231 e. The number of halogens is 1. The zero-order valence-corrected chi connectivity index (χ0v) is 10.1. The Kier molecular flexibility index (Phi) is 2.88. The second-order valence-corrected chi connectivity index (χ2v) is 4.27. The molecular weight excluding hydrogens is 243 g/mol. The van der Waals surface area contributed by atoms with Crippen molar-refractivity contribution < 1.29 is 13.9 Å². The van der Waals surface area contributed by atoms with Crippen LogP contribution in [0.15, 0.2) is 54.3 Å². The molecule has 0 bridgehead atoms. The SMILES string of the molecule is O=C1/C(=C/c2ccccc2CF)Oc2ccccc21. The molecule has 0 radical (unpaired) electrons. The minimum Gasteiger partial charge on any atom is -0.452 e. The largest absolute Gasteiger partial charge is 0.452 e. The van der Waals surface area contributed by atoms with Crippen LogP contribution in [0.2, 0.25) is 0 Å². The number of alkyl halides is 1. The van der Waals surface area contributed by atoms with Gasteiger partial charge < -0.3 is 4.74 Å². The van der Waals surface area contributed by atoms with Gasteiger partial charge in [-0.05, 0) is 29.3 Å². The van der Waals surface area contributed by atoms with E-state index >= 15 is 0 Å². The van der Waals surface area contributed by atoms with E-state index in [1.54, 1.807) is 48.5 Å². The number of carbonyl (C=O) groups is 1. The van der Waals surface area contributed by atoms with Crippen LogP contribution in [0.3, 0.4) is 0 Å². The first-order valence-corrected chi connectivity index (χ1v) is 5.97. The van der Waals surface area contributed by atoms with Crippen LogP contribution in [0.4, 0.5) is 4.39 Å². The molecule has 2 aromatic rings. The number of para-hydroxylation sites is 1. The number of rotatable bonds is 2. The van der Waals surface area contributed by atoms with Gasteiger partial charge >= 0.3 is 0 Å². The van der Waals surface area contributed by atoms with E-state index in [1.165, 1.54) is 0 Å². The third-order valence-corrected chi connectivity index (χ3v) is 3.06. The Morgan fingerprint density at radius 3 is 2.58 bits per heavy atom. The van der Waals surface area contributed by atoms with Gasteiger partial charge in [-0.2, -0.15) is 0 Å². The molecule has 0 saturated heterocycles. The first-order chi connectivity index (χ1) is 9.29. The monoisotopic (exact) mass is 254 g/mol. The summed E-state index contributed by atoms with van der Waals surface area (Å²) in [6, 6.07) is 14.1. The van der Waals surface area contributed by atoms with E-state index in [-0.39, 0.29) is 11.5 Å². The third kappa shape index (κ3) is 2.03. The van der Waals surface area contributed by atoms with Gasteiger partial charge in [0.25, 0.3) is 0 Å². The summed E-state index contributed by atoms with van der Waals surface area (Å²) in [5, 5.41) is 0. The molecule has 0 saturated carbocycles. The summed E-state index contributed by atoms with van der Waals surface area (Å²) in [5.74, 6) is 0.628. The molecule has 1 aliphatic heterocycles. The fraction of sp³-hybridized carbons (Fsp3) is 0.0625. The molecule has 3 heteroatoms. The van der Waals surface area contributed by atoms with Crippen molar-refractivity contribution in [3.8, 4) is 5.75 Å². The Morgan fingerprint density at radius 1 is 1.05 bits per heavy atom. The normalized spacial score (nSPS) is 15.4. The Balaban J connectivity index is 2.01. The van der Waals surface area contributed by atoms with E-state index in [0.717, 1.165) is 0 Å². The van der Waals surface area contributed by atoms with Gasteiger partial charge in [0.2, 0.25) is 5.78 Å². The summed E-state index contributed by atoms with van der Waals surface area (Å²) >= 11 is 0. The Morgan fingerprint density at radius 2 is 1.79 bits per heavy atom. The highest BCUT2D eigenvalue weighted by Gasteiger charge is 2.26. The van der Waals surface area contributed by atoms with Crippen LogP contribution in [0.5, 0.6) is 5.75 Å². The Bertz CT molecular complexity index is 674. The molecule has 0 amide bonds. The summed E-state index contributed by atoms with van der Waals surface area (Å²) in [6.07, 6.45) is 1.59. The number of fused-ring (bicyclic) bond motifs is 1. The van der Waals surface area contributed by atoms with Gasteiger partial charge in [0.05, 0.1) is 5.56 Å². The lowest BCUT2D eigenvalue weighted by atomic mass is 10.1. The molecule has 1 aliphatic rings. The van der Waals surface area contributed by atoms with Crippen LogP contribution in [-0.4, -0.2) is 5.78 Å². The first kappa shape index (κ1) is 11.7. The molecule has 94 valence electrons. The highest BCUT2D eigenvalue weighted by atomic mass is 19.1. The third-order valence-electron chi connectivity index (χ3n) is 3.06. The van der Waals surface area contributed by atoms with Crippen molar-refractivity contribution in [2.24, 2.45) is 0 Å².